The Morgan fingerprint density at radius 2 is 1.84 bits per heavy atom. The fourth-order valence-electron chi connectivity index (χ4n) is 3.10. The van der Waals surface area contributed by atoms with Crippen LogP contribution in [0.4, 0.5) is 0 Å². The van der Waals surface area contributed by atoms with Gasteiger partial charge in [0.25, 0.3) is 0 Å². The predicted octanol–water partition coefficient (Wildman–Crippen LogP) is 0.553. The topological polar surface area (TPSA) is 39.5 Å². The Labute approximate surface area is 150 Å². The van der Waals surface area contributed by atoms with Crippen molar-refractivity contribution in [2.24, 2.45) is 0 Å². The van der Waals surface area contributed by atoms with Crippen LogP contribution in [0, 0.1) is 6.92 Å². The van der Waals surface area contributed by atoms with Crippen molar-refractivity contribution >= 4 is 0 Å². The molecule has 1 heterocycles. The average Bonchev–Trinajstić information content (AvgIpc) is 2.66. The number of ether oxygens (including phenoxy) is 2. The zero-order valence-electron chi connectivity index (χ0n) is 15.2. The zero-order valence-corrected chi connectivity index (χ0v) is 15.2. The molecule has 0 atom stereocenters. The second kappa shape index (κ2) is 9.56. The molecule has 1 fully saturated rings. The van der Waals surface area contributed by atoms with Gasteiger partial charge in [-0.05, 0) is 24.6 Å². The van der Waals surface area contributed by atoms with E-state index in [-0.39, 0.29) is 0 Å². The lowest BCUT2D eigenvalue weighted by Gasteiger charge is -2.22. The summed E-state index contributed by atoms with van der Waals surface area (Å²) in [5, 5.41) is 2.39. The molecule has 1 aliphatic heterocycles. The first-order valence-corrected chi connectivity index (χ1v) is 9.30. The normalized spacial score (nSPS) is 15.2. The second-order valence-corrected chi connectivity index (χ2v) is 6.82. The van der Waals surface area contributed by atoms with Crippen LogP contribution in [-0.2, 0) is 17.9 Å². The second-order valence-electron chi connectivity index (χ2n) is 6.82. The number of aryl methyl sites for hydroxylation is 1. The van der Waals surface area contributed by atoms with E-state index in [1.54, 1.807) is 4.90 Å². The maximum atomic E-state index is 5.94. The molecule has 4 heteroatoms. The van der Waals surface area contributed by atoms with E-state index in [4.69, 9.17) is 9.47 Å². The fraction of sp³-hybridized carbons (Fsp3) is 0.429. The molecular formula is C21H30N2O2+2. The summed E-state index contributed by atoms with van der Waals surface area (Å²) in [5.41, 5.74) is 3.80. The Bertz CT molecular complexity index is 637. The minimum atomic E-state index is 0.619. The van der Waals surface area contributed by atoms with Crippen molar-refractivity contribution in [2.45, 2.75) is 20.1 Å². The van der Waals surface area contributed by atoms with E-state index in [1.165, 1.54) is 23.2 Å². The summed E-state index contributed by atoms with van der Waals surface area (Å²) in [6.07, 6.45) is 0. The van der Waals surface area contributed by atoms with E-state index in [0.29, 0.717) is 6.61 Å². The summed E-state index contributed by atoms with van der Waals surface area (Å²) in [4.78, 5) is 1.66. The van der Waals surface area contributed by atoms with E-state index in [2.05, 4.69) is 54.7 Å². The molecule has 0 unspecified atom stereocenters. The average molecular weight is 342 g/mol. The molecule has 134 valence electrons. The summed E-state index contributed by atoms with van der Waals surface area (Å²) >= 11 is 0. The SMILES string of the molecule is Cc1ccc(COc2cccc(C[NH2+]CC[NH+]3CCOCC3)c2)cc1. The van der Waals surface area contributed by atoms with Crippen LogP contribution in [0.1, 0.15) is 16.7 Å². The zero-order chi connectivity index (χ0) is 17.3. The molecule has 2 aromatic carbocycles. The van der Waals surface area contributed by atoms with Gasteiger partial charge in [-0.15, -0.1) is 0 Å². The van der Waals surface area contributed by atoms with Crippen LogP contribution in [0.25, 0.3) is 0 Å². The van der Waals surface area contributed by atoms with Crippen molar-refractivity contribution in [2.75, 3.05) is 39.4 Å². The van der Waals surface area contributed by atoms with E-state index in [9.17, 15) is 0 Å². The molecule has 4 nitrogen and oxygen atoms in total. The monoisotopic (exact) mass is 342 g/mol. The smallest absolute Gasteiger partial charge is 0.127 e. The predicted molar refractivity (Wildman–Crippen MR) is 98.8 cm³/mol. The van der Waals surface area contributed by atoms with Crippen LogP contribution in [0.2, 0.25) is 0 Å². The van der Waals surface area contributed by atoms with E-state index < -0.39 is 0 Å². The van der Waals surface area contributed by atoms with E-state index in [0.717, 1.165) is 45.1 Å². The van der Waals surface area contributed by atoms with Crippen LogP contribution < -0.4 is 15.0 Å². The van der Waals surface area contributed by atoms with Gasteiger partial charge in [0.05, 0.1) is 13.2 Å². The molecule has 0 aromatic heterocycles. The van der Waals surface area contributed by atoms with Crippen LogP contribution in [0.3, 0.4) is 0 Å². The molecule has 3 N–H and O–H groups in total. The van der Waals surface area contributed by atoms with Gasteiger partial charge in [-0.2, -0.15) is 0 Å². The Kier molecular flexibility index (Phi) is 6.86. The van der Waals surface area contributed by atoms with Crippen LogP contribution in [-0.4, -0.2) is 39.4 Å². The van der Waals surface area contributed by atoms with Gasteiger partial charge in [0.15, 0.2) is 0 Å². The highest BCUT2D eigenvalue weighted by atomic mass is 16.5. The van der Waals surface area contributed by atoms with Crippen molar-refractivity contribution < 1.29 is 19.7 Å². The molecule has 3 rings (SSSR count). The molecule has 0 aliphatic carbocycles. The number of hydrogen-bond acceptors (Lipinski definition) is 2. The highest BCUT2D eigenvalue weighted by Gasteiger charge is 2.13. The first-order chi connectivity index (χ1) is 12.3. The lowest BCUT2D eigenvalue weighted by molar-refractivity contribution is -0.920. The molecule has 0 saturated carbocycles. The molecular weight excluding hydrogens is 312 g/mol. The van der Waals surface area contributed by atoms with Crippen molar-refractivity contribution in [3.63, 3.8) is 0 Å². The van der Waals surface area contributed by atoms with Crippen molar-refractivity contribution in [1.29, 1.82) is 0 Å². The van der Waals surface area contributed by atoms with Crippen LogP contribution >= 0.6 is 0 Å². The van der Waals surface area contributed by atoms with Crippen molar-refractivity contribution in [3.8, 4) is 5.75 Å². The third kappa shape index (κ3) is 6.16. The van der Waals surface area contributed by atoms with Crippen molar-refractivity contribution in [3.05, 3.63) is 65.2 Å². The number of nitrogens with two attached hydrogens (primary N) is 1. The van der Waals surface area contributed by atoms with Crippen molar-refractivity contribution in [1.82, 2.24) is 0 Å². The van der Waals surface area contributed by atoms with Gasteiger partial charge in [0.2, 0.25) is 0 Å². The van der Waals surface area contributed by atoms with E-state index in [1.807, 2.05) is 6.07 Å². The Balaban J connectivity index is 1.40. The standard InChI is InChI=1S/C21H28N2O2/c1-18-5-7-19(8-6-18)17-25-21-4-2-3-20(15-21)16-22-9-10-23-11-13-24-14-12-23/h2-8,15,22H,9-14,16-17H2,1H3/p+2. The van der Waals surface area contributed by atoms with Gasteiger partial charge in [-0.25, -0.2) is 0 Å². The lowest BCUT2D eigenvalue weighted by Crippen LogP contribution is -3.16. The van der Waals surface area contributed by atoms with Gasteiger partial charge < -0.3 is 19.7 Å². The third-order valence-corrected chi connectivity index (χ3v) is 4.71. The van der Waals surface area contributed by atoms with Crippen LogP contribution in [0.5, 0.6) is 5.75 Å². The minimum absolute atomic E-state index is 0.619. The molecule has 2 aromatic rings. The summed E-state index contributed by atoms with van der Waals surface area (Å²) < 4.78 is 11.3. The number of quaternary nitrogens is 2. The fourth-order valence-corrected chi connectivity index (χ4v) is 3.10. The molecule has 0 amide bonds. The third-order valence-electron chi connectivity index (χ3n) is 4.71. The Hall–Kier alpha value is -1.88. The number of nitrogens with one attached hydrogen (secondary N) is 1. The molecule has 0 radical (unpaired) electrons. The van der Waals surface area contributed by atoms with Gasteiger partial charge in [-0.1, -0.05) is 42.0 Å². The molecule has 1 saturated heterocycles. The van der Waals surface area contributed by atoms with Gasteiger partial charge in [0.1, 0.15) is 45.1 Å². The maximum absolute atomic E-state index is 5.94. The number of rotatable bonds is 8. The molecule has 0 spiro atoms. The molecule has 0 bridgehead atoms. The first-order valence-electron chi connectivity index (χ1n) is 9.30. The molecule has 25 heavy (non-hydrogen) atoms. The number of morpholine rings is 1. The van der Waals surface area contributed by atoms with Gasteiger partial charge >= 0.3 is 0 Å². The summed E-state index contributed by atoms with van der Waals surface area (Å²) in [6.45, 7) is 10.2. The highest BCUT2D eigenvalue weighted by Crippen LogP contribution is 2.15. The Morgan fingerprint density at radius 3 is 2.64 bits per heavy atom. The largest absolute Gasteiger partial charge is 0.489 e. The summed E-state index contributed by atoms with van der Waals surface area (Å²) in [5.74, 6) is 0.949. The number of hydrogen-bond donors (Lipinski definition) is 2. The summed E-state index contributed by atoms with van der Waals surface area (Å²) in [6, 6.07) is 17.0. The molecule has 1 aliphatic rings. The van der Waals surface area contributed by atoms with Crippen LogP contribution in [0.15, 0.2) is 48.5 Å². The van der Waals surface area contributed by atoms with E-state index >= 15 is 0 Å². The maximum Gasteiger partial charge on any atom is 0.127 e. The van der Waals surface area contributed by atoms with Gasteiger partial charge in [-0.3, -0.25) is 0 Å². The quantitative estimate of drug-likeness (QED) is 0.688. The lowest BCUT2D eigenvalue weighted by atomic mass is 10.2. The Morgan fingerprint density at radius 1 is 1.04 bits per heavy atom. The first kappa shape index (κ1) is 17.9. The summed E-state index contributed by atoms with van der Waals surface area (Å²) in [7, 11) is 0. The minimum Gasteiger partial charge on any atom is -0.489 e. The highest BCUT2D eigenvalue weighted by molar-refractivity contribution is 5.28. The van der Waals surface area contributed by atoms with Gasteiger partial charge in [0, 0.05) is 5.56 Å². The number of benzene rings is 2.